The fourth-order valence-corrected chi connectivity index (χ4v) is 1.62. The van der Waals surface area contributed by atoms with Gasteiger partial charge >= 0.3 is 6.16 Å². The Kier molecular flexibility index (Phi) is 3.84. The van der Waals surface area contributed by atoms with Crippen molar-refractivity contribution in [3.63, 3.8) is 0 Å². The highest BCUT2D eigenvalue weighted by atomic mass is 35.5. The Morgan fingerprint density at radius 2 is 2.31 bits per heavy atom. The molecule has 0 spiro atoms. The summed E-state index contributed by atoms with van der Waals surface area (Å²) in [7, 11) is 1.59. The van der Waals surface area contributed by atoms with Gasteiger partial charge in [-0.3, -0.25) is 0 Å². The van der Waals surface area contributed by atoms with Crippen molar-refractivity contribution < 1.29 is 19.4 Å². The van der Waals surface area contributed by atoms with Gasteiger partial charge in [0.25, 0.3) is 0 Å². The van der Waals surface area contributed by atoms with Crippen LogP contribution in [-0.4, -0.2) is 24.6 Å². The summed E-state index contributed by atoms with van der Waals surface area (Å²) >= 11 is 0. The molecule has 0 radical (unpaired) electrons. The van der Waals surface area contributed by atoms with E-state index in [1.807, 2.05) is 18.2 Å². The summed E-state index contributed by atoms with van der Waals surface area (Å²) in [6, 6.07) is 5.53. The molecular formula is C10H12ClNO4. The molecule has 0 saturated heterocycles. The fraction of sp³-hybridized carbons (Fsp3) is 0.300. The van der Waals surface area contributed by atoms with E-state index in [4.69, 9.17) is 9.84 Å². The third kappa shape index (κ3) is 2.49. The predicted octanol–water partition coefficient (Wildman–Crippen LogP) is 2.11. The topological polar surface area (TPSA) is 67.8 Å². The Morgan fingerprint density at radius 3 is 2.94 bits per heavy atom. The van der Waals surface area contributed by atoms with Crippen LogP contribution in [0.5, 0.6) is 5.75 Å². The van der Waals surface area contributed by atoms with Crippen molar-refractivity contribution in [1.29, 1.82) is 0 Å². The van der Waals surface area contributed by atoms with Crippen molar-refractivity contribution in [3.05, 3.63) is 23.8 Å². The van der Waals surface area contributed by atoms with Gasteiger partial charge in [-0.25, -0.2) is 4.79 Å². The molecule has 6 heteroatoms. The maximum absolute atomic E-state index is 10.3. The van der Waals surface area contributed by atoms with Gasteiger partial charge in [-0.05, 0) is 23.8 Å². The van der Waals surface area contributed by atoms with Crippen molar-refractivity contribution in [1.82, 2.24) is 0 Å². The molecule has 88 valence electrons. The van der Waals surface area contributed by atoms with Crippen molar-refractivity contribution in [2.75, 3.05) is 12.4 Å². The molecule has 2 N–H and O–H groups in total. The Balaban J connectivity index is 0.00000128. The number of hydrogen-bond acceptors (Lipinski definition) is 4. The predicted molar refractivity (Wildman–Crippen MR) is 60.5 cm³/mol. The third-order valence-corrected chi connectivity index (χ3v) is 2.28. The second kappa shape index (κ2) is 4.94. The zero-order valence-electron chi connectivity index (χ0n) is 8.60. The summed E-state index contributed by atoms with van der Waals surface area (Å²) < 4.78 is 9.70. The molecule has 0 aliphatic carbocycles. The molecule has 1 unspecified atom stereocenters. The molecule has 1 aromatic carbocycles. The number of hydrogen-bond donors (Lipinski definition) is 2. The minimum atomic E-state index is -1.27. The lowest BCUT2D eigenvalue weighted by Crippen LogP contribution is -2.22. The number of carbonyl (C=O) groups is 1. The lowest BCUT2D eigenvalue weighted by molar-refractivity contribution is 0.0651. The summed E-state index contributed by atoms with van der Waals surface area (Å²) in [5.74, 6) is 0.756. The van der Waals surface area contributed by atoms with Gasteiger partial charge in [0.05, 0.1) is 7.11 Å². The van der Waals surface area contributed by atoms with Gasteiger partial charge in [0.2, 0.25) is 0 Å². The number of ether oxygens (including phenoxy) is 2. The van der Waals surface area contributed by atoms with Gasteiger partial charge in [0.1, 0.15) is 5.75 Å². The van der Waals surface area contributed by atoms with Crippen LogP contribution in [0.4, 0.5) is 10.5 Å². The fourth-order valence-electron chi connectivity index (χ4n) is 1.62. The van der Waals surface area contributed by atoms with Gasteiger partial charge in [-0.1, -0.05) is 0 Å². The van der Waals surface area contributed by atoms with E-state index in [9.17, 15) is 4.79 Å². The van der Waals surface area contributed by atoms with E-state index in [2.05, 4.69) is 10.1 Å². The van der Waals surface area contributed by atoms with Crippen molar-refractivity contribution in [3.8, 4) is 5.75 Å². The number of halogens is 1. The molecule has 1 heterocycles. The molecule has 5 nitrogen and oxygen atoms in total. The van der Waals surface area contributed by atoms with Crippen molar-refractivity contribution >= 4 is 24.2 Å². The molecule has 1 aliphatic heterocycles. The van der Waals surface area contributed by atoms with Gasteiger partial charge in [0, 0.05) is 12.1 Å². The molecular weight excluding hydrogens is 234 g/mol. The summed E-state index contributed by atoms with van der Waals surface area (Å²) in [6.45, 7) is 0. The molecule has 0 amide bonds. The molecule has 1 aromatic rings. The Bertz CT molecular complexity index is 396. The average Bonchev–Trinajstić information content (AvgIpc) is 2.57. The number of benzene rings is 1. The van der Waals surface area contributed by atoms with Gasteiger partial charge < -0.3 is 19.9 Å². The zero-order valence-corrected chi connectivity index (χ0v) is 9.41. The number of fused-ring (bicyclic) bond motifs is 1. The maximum atomic E-state index is 10.3. The molecule has 0 aromatic heterocycles. The first kappa shape index (κ1) is 12.4. The van der Waals surface area contributed by atoms with E-state index in [-0.39, 0.29) is 12.4 Å². The van der Waals surface area contributed by atoms with Crippen molar-refractivity contribution in [2.24, 2.45) is 0 Å². The molecule has 0 bridgehead atoms. The minimum Gasteiger partial charge on any atom is -0.497 e. The number of rotatable bonds is 2. The van der Waals surface area contributed by atoms with E-state index in [1.165, 1.54) is 0 Å². The van der Waals surface area contributed by atoms with Crippen LogP contribution in [0.2, 0.25) is 0 Å². The number of methoxy groups -OCH3 is 1. The van der Waals surface area contributed by atoms with E-state index < -0.39 is 12.4 Å². The van der Waals surface area contributed by atoms with E-state index in [0.717, 1.165) is 17.0 Å². The summed E-state index contributed by atoms with van der Waals surface area (Å²) in [6.07, 6.45) is -1.24. The van der Waals surface area contributed by atoms with Gasteiger partial charge in [-0.2, -0.15) is 0 Å². The summed E-state index contributed by atoms with van der Waals surface area (Å²) in [4.78, 5) is 10.3. The quantitative estimate of drug-likeness (QED) is 0.781. The smallest absolute Gasteiger partial charge is 0.497 e. The molecule has 2 rings (SSSR count). The molecule has 0 fully saturated rings. The molecule has 16 heavy (non-hydrogen) atoms. The Morgan fingerprint density at radius 1 is 1.56 bits per heavy atom. The lowest BCUT2D eigenvalue weighted by atomic mass is 10.1. The van der Waals surface area contributed by atoms with Crippen LogP contribution in [0.1, 0.15) is 5.56 Å². The number of anilines is 1. The van der Waals surface area contributed by atoms with Crippen LogP contribution in [0.25, 0.3) is 0 Å². The number of carboxylic acid groups (broad SMARTS) is 1. The molecule has 0 saturated carbocycles. The van der Waals surface area contributed by atoms with Crippen molar-refractivity contribution in [2.45, 2.75) is 12.6 Å². The second-order valence-corrected chi connectivity index (χ2v) is 3.24. The van der Waals surface area contributed by atoms with Crippen LogP contribution in [-0.2, 0) is 11.2 Å². The Hall–Kier alpha value is -1.62. The largest absolute Gasteiger partial charge is 0.507 e. The van der Waals surface area contributed by atoms with E-state index in [1.54, 1.807) is 7.11 Å². The molecule has 1 atom stereocenters. The summed E-state index contributed by atoms with van der Waals surface area (Å²) in [5.41, 5.74) is 1.89. The first-order valence-corrected chi connectivity index (χ1v) is 4.52. The molecule has 1 aliphatic rings. The lowest BCUT2D eigenvalue weighted by Gasteiger charge is -2.08. The zero-order chi connectivity index (χ0) is 10.8. The standard InChI is InChI=1S/C10H11NO4.ClH/c1-14-7-2-3-8-6(4-7)5-9(11-8)15-10(12)13;/h2-4,9,11H,5H2,1H3,(H,12,13);1H. The van der Waals surface area contributed by atoms with Gasteiger partial charge in [0.15, 0.2) is 6.23 Å². The first-order chi connectivity index (χ1) is 7.19. The summed E-state index contributed by atoms with van der Waals surface area (Å²) in [5, 5.41) is 11.4. The highest BCUT2D eigenvalue weighted by molar-refractivity contribution is 5.85. The average molecular weight is 246 g/mol. The normalized spacial score (nSPS) is 16.7. The van der Waals surface area contributed by atoms with Gasteiger partial charge in [-0.15, -0.1) is 12.4 Å². The van der Waals surface area contributed by atoms with Crippen LogP contribution in [0.15, 0.2) is 18.2 Å². The van der Waals surface area contributed by atoms with Crippen LogP contribution in [0.3, 0.4) is 0 Å². The monoisotopic (exact) mass is 245 g/mol. The third-order valence-electron chi connectivity index (χ3n) is 2.28. The highest BCUT2D eigenvalue weighted by Gasteiger charge is 2.23. The number of nitrogens with one attached hydrogen (secondary N) is 1. The van der Waals surface area contributed by atoms with Crippen LogP contribution >= 0.6 is 12.4 Å². The van der Waals surface area contributed by atoms with E-state index >= 15 is 0 Å². The SMILES string of the molecule is COc1ccc2c(c1)CC(OC(=O)O)N2.Cl. The van der Waals surface area contributed by atoms with E-state index in [0.29, 0.717) is 6.42 Å². The van der Waals surface area contributed by atoms with Crippen LogP contribution < -0.4 is 10.1 Å². The second-order valence-electron chi connectivity index (χ2n) is 3.24. The van der Waals surface area contributed by atoms with Crippen LogP contribution in [0, 0.1) is 0 Å². The minimum absolute atomic E-state index is 0. The maximum Gasteiger partial charge on any atom is 0.507 e. The first-order valence-electron chi connectivity index (χ1n) is 4.52. The Labute approximate surface area is 98.8 Å². The highest BCUT2D eigenvalue weighted by Crippen LogP contribution is 2.29.